The van der Waals surface area contributed by atoms with Crippen molar-refractivity contribution < 1.29 is 8.42 Å². The maximum atomic E-state index is 12.7. The lowest BCUT2D eigenvalue weighted by Gasteiger charge is -2.16. The van der Waals surface area contributed by atoms with Gasteiger partial charge in [0.15, 0.2) is 11.0 Å². The van der Waals surface area contributed by atoms with E-state index in [0.717, 1.165) is 16.6 Å². The van der Waals surface area contributed by atoms with Crippen LogP contribution in [0, 0.1) is 0 Å². The Bertz CT molecular complexity index is 1130. The molecule has 0 aliphatic carbocycles. The predicted octanol–water partition coefficient (Wildman–Crippen LogP) is 4.35. The number of rotatable bonds is 9. The molecule has 0 saturated carbocycles. The van der Waals surface area contributed by atoms with Gasteiger partial charge >= 0.3 is 0 Å². The van der Waals surface area contributed by atoms with E-state index < -0.39 is 16.1 Å². The van der Waals surface area contributed by atoms with Crippen LogP contribution in [0.2, 0.25) is 5.02 Å². The molecule has 0 saturated heterocycles. The van der Waals surface area contributed by atoms with Gasteiger partial charge in [0.25, 0.3) is 0 Å². The number of aromatic nitrogens is 3. The van der Waals surface area contributed by atoms with Gasteiger partial charge in [-0.25, -0.2) is 13.1 Å². The van der Waals surface area contributed by atoms with Crippen LogP contribution in [0.3, 0.4) is 0 Å². The monoisotopic (exact) mass is 479 g/mol. The van der Waals surface area contributed by atoms with Crippen LogP contribution in [0.25, 0.3) is 0 Å². The van der Waals surface area contributed by atoms with E-state index in [-0.39, 0.29) is 4.90 Å². The molecule has 0 aliphatic heterocycles. The van der Waals surface area contributed by atoms with Gasteiger partial charge in [-0.2, -0.15) is 0 Å². The molecule has 0 amide bonds. The van der Waals surface area contributed by atoms with Crippen LogP contribution < -0.4 is 9.62 Å². The van der Waals surface area contributed by atoms with Gasteiger partial charge in [-0.3, -0.25) is 0 Å². The van der Waals surface area contributed by atoms with Crippen molar-refractivity contribution in [3.63, 3.8) is 0 Å². The number of nitrogens with zero attached hydrogens (tertiary/aromatic N) is 4. The van der Waals surface area contributed by atoms with Gasteiger partial charge in [0, 0.05) is 37.1 Å². The zero-order chi connectivity index (χ0) is 22.6. The summed E-state index contributed by atoms with van der Waals surface area (Å²) in [4.78, 5) is 2.22. The molecule has 7 nitrogen and oxygen atoms in total. The Balaban J connectivity index is 1.74. The molecule has 1 atom stereocenters. The molecule has 0 bridgehead atoms. The van der Waals surface area contributed by atoms with Crippen molar-refractivity contribution in [2.24, 2.45) is 0 Å². The Kier molecular flexibility index (Phi) is 7.64. The summed E-state index contributed by atoms with van der Waals surface area (Å²) in [6.45, 7) is 4.39. The smallest absolute Gasteiger partial charge is 0.241 e. The predicted molar refractivity (Wildman–Crippen MR) is 126 cm³/mol. The second-order valence-corrected chi connectivity index (χ2v) is 10.3. The van der Waals surface area contributed by atoms with Gasteiger partial charge in [-0.15, -0.1) is 10.2 Å². The number of hydrogen-bond acceptors (Lipinski definition) is 6. The third-order valence-electron chi connectivity index (χ3n) is 4.70. The highest BCUT2D eigenvalue weighted by molar-refractivity contribution is 7.98. The van der Waals surface area contributed by atoms with E-state index in [4.69, 9.17) is 11.6 Å². The number of anilines is 1. The molecular formula is C21H26ClN5O2S2. The summed E-state index contributed by atoms with van der Waals surface area (Å²) in [5.74, 6) is 1.31. The number of nitrogens with one attached hydrogen (secondary N) is 1. The van der Waals surface area contributed by atoms with Crippen LogP contribution in [0.15, 0.2) is 58.6 Å². The largest absolute Gasteiger partial charge is 0.378 e. The summed E-state index contributed by atoms with van der Waals surface area (Å²) in [5, 5.41) is 9.82. The third kappa shape index (κ3) is 5.79. The SMILES string of the molecule is CCn1c(SCc2cccc(N(C)C)c2)nnc1[C@@H](C)NS(=O)(=O)c1ccc(Cl)cc1. The molecule has 1 heterocycles. The molecule has 1 N–H and O–H groups in total. The first kappa shape index (κ1) is 23.6. The molecule has 31 heavy (non-hydrogen) atoms. The second-order valence-electron chi connectivity index (χ2n) is 7.23. The molecule has 0 spiro atoms. The van der Waals surface area contributed by atoms with Gasteiger partial charge in [0.2, 0.25) is 10.0 Å². The van der Waals surface area contributed by atoms with Gasteiger partial charge in [0.05, 0.1) is 10.9 Å². The first-order valence-electron chi connectivity index (χ1n) is 9.81. The summed E-state index contributed by atoms with van der Waals surface area (Å²) >= 11 is 7.44. The Morgan fingerprint density at radius 3 is 2.52 bits per heavy atom. The van der Waals surface area contributed by atoms with Crippen molar-refractivity contribution in [2.75, 3.05) is 19.0 Å². The maximum absolute atomic E-state index is 12.7. The minimum atomic E-state index is -3.71. The molecule has 3 aromatic rings. The molecule has 166 valence electrons. The summed E-state index contributed by atoms with van der Waals surface area (Å²) in [6, 6.07) is 13.8. The fraction of sp³-hybridized carbons (Fsp3) is 0.333. The first-order chi connectivity index (χ1) is 14.7. The van der Waals surface area contributed by atoms with E-state index in [1.807, 2.05) is 31.7 Å². The third-order valence-corrected chi connectivity index (χ3v) is 7.55. The van der Waals surface area contributed by atoms with Crippen molar-refractivity contribution in [2.45, 2.75) is 42.2 Å². The van der Waals surface area contributed by atoms with Crippen LogP contribution in [0.4, 0.5) is 5.69 Å². The Hall–Kier alpha value is -2.07. The fourth-order valence-corrected chi connectivity index (χ4v) is 5.34. The van der Waals surface area contributed by atoms with E-state index in [9.17, 15) is 8.42 Å². The lowest BCUT2D eigenvalue weighted by molar-refractivity contribution is 0.539. The number of benzene rings is 2. The topological polar surface area (TPSA) is 80.1 Å². The van der Waals surface area contributed by atoms with E-state index in [2.05, 4.69) is 38.0 Å². The normalized spacial score (nSPS) is 12.7. The van der Waals surface area contributed by atoms with Crippen LogP contribution >= 0.6 is 23.4 Å². The number of hydrogen-bond donors (Lipinski definition) is 1. The number of thioether (sulfide) groups is 1. The maximum Gasteiger partial charge on any atom is 0.241 e. The van der Waals surface area contributed by atoms with Crippen molar-refractivity contribution in [3.8, 4) is 0 Å². The standard InChI is InChI=1S/C21H26ClN5O2S2/c1-5-27-20(15(2)25-31(28,29)19-11-9-17(22)10-12-19)23-24-21(27)30-14-16-7-6-8-18(13-16)26(3)4/h6-13,15,25H,5,14H2,1-4H3/t15-/m1/s1. The van der Waals surface area contributed by atoms with Gasteiger partial charge < -0.3 is 9.47 Å². The molecule has 2 aromatic carbocycles. The van der Waals surface area contributed by atoms with Gasteiger partial charge in [-0.05, 0) is 55.8 Å². The highest BCUT2D eigenvalue weighted by atomic mass is 35.5. The summed E-state index contributed by atoms with van der Waals surface area (Å²) in [6.07, 6.45) is 0. The highest BCUT2D eigenvalue weighted by Crippen LogP contribution is 2.26. The van der Waals surface area contributed by atoms with E-state index in [1.165, 1.54) is 17.7 Å². The van der Waals surface area contributed by atoms with Crippen molar-refractivity contribution >= 4 is 39.1 Å². The Morgan fingerprint density at radius 1 is 1.16 bits per heavy atom. The Labute approximate surface area is 192 Å². The average Bonchev–Trinajstić information content (AvgIpc) is 3.15. The molecule has 0 fully saturated rings. The molecular weight excluding hydrogens is 454 g/mol. The van der Waals surface area contributed by atoms with E-state index in [0.29, 0.717) is 17.4 Å². The number of halogens is 1. The van der Waals surface area contributed by atoms with Crippen LogP contribution in [0.1, 0.15) is 31.3 Å². The minimum Gasteiger partial charge on any atom is -0.378 e. The van der Waals surface area contributed by atoms with Crippen LogP contribution in [0.5, 0.6) is 0 Å². The van der Waals surface area contributed by atoms with Crippen molar-refractivity contribution in [3.05, 3.63) is 64.9 Å². The van der Waals surface area contributed by atoms with E-state index >= 15 is 0 Å². The van der Waals surface area contributed by atoms with Crippen molar-refractivity contribution in [1.29, 1.82) is 0 Å². The lowest BCUT2D eigenvalue weighted by Crippen LogP contribution is -2.29. The average molecular weight is 480 g/mol. The summed E-state index contributed by atoms with van der Waals surface area (Å²) in [7, 11) is 0.316. The molecule has 10 heteroatoms. The quantitative estimate of drug-likeness (QED) is 0.459. The summed E-state index contributed by atoms with van der Waals surface area (Å²) in [5.41, 5.74) is 2.32. The summed E-state index contributed by atoms with van der Waals surface area (Å²) < 4.78 is 30.0. The van der Waals surface area contributed by atoms with Crippen LogP contribution in [-0.4, -0.2) is 37.3 Å². The molecule has 0 aliphatic rings. The molecule has 1 aromatic heterocycles. The Morgan fingerprint density at radius 2 is 1.87 bits per heavy atom. The highest BCUT2D eigenvalue weighted by Gasteiger charge is 2.23. The van der Waals surface area contributed by atoms with Crippen LogP contribution in [-0.2, 0) is 22.3 Å². The zero-order valence-electron chi connectivity index (χ0n) is 17.9. The lowest BCUT2D eigenvalue weighted by atomic mass is 10.2. The van der Waals surface area contributed by atoms with Crippen molar-refractivity contribution in [1.82, 2.24) is 19.5 Å². The zero-order valence-corrected chi connectivity index (χ0v) is 20.3. The molecule has 0 radical (unpaired) electrons. The number of sulfonamides is 1. The van der Waals surface area contributed by atoms with Gasteiger partial charge in [0.1, 0.15) is 0 Å². The molecule has 0 unspecified atom stereocenters. The second kappa shape index (κ2) is 10.0. The van der Waals surface area contributed by atoms with Gasteiger partial charge in [-0.1, -0.05) is 35.5 Å². The first-order valence-corrected chi connectivity index (χ1v) is 12.7. The van der Waals surface area contributed by atoms with E-state index in [1.54, 1.807) is 30.8 Å². The fourth-order valence-electron chi connectivity index (χ4n) is 3.06. The minimum absolute atomic E-state index is 0.154. The molecule has 3 rings (SSSR count).